The maximum absolute atomic E-state index is 10.8. The van der Waals surface area contributed by atoms with Gasteiger partial charge in [-0.25, -0.2) is 4.79 Å². The number of carbonyl (C=O) groups is 2. The number of carboxylic acid groups (broad SMARTS) is 1. The number of ether oxygens (including phenoxy) is 1. The third-order valence-corrected chi connectivity index (χ3v) is 2.37. The van der Waals surface area contributed by atoms with Crippen molar-refractivity contribution in [3.8, 4) is 0 Å². The Bertz CT molecular complexity index is 420. The SMILES string of the molecule is CC(C)(C)OC(=O)NCC(=O)O.Nc1ccc(I)cc1. The first-order valence-electron chi connectivity index (χ1n) is 5.80. The number of amides is 1. The van der Waals surface area contributed by atoms with E-state index < -0.39 is 24.2 Å². The number of aliphatic carboxylic acids is 1. The summed E-state index contributed by atoms with van der Waals surface area (Å²) in [5.74, 6) is -1.10. The molecule has 0 aromatic heterocycles. The molecule has 1 aromatic carbocycles. The molecule has 1 amide bonds. The van der Waals surface area contributed by atoms with Crippen molar-refractivity contribution < 1.29 is 19.4 Å². The molecule has 0 saturated heterocycles. The van der Waals surface area contributed by atoms with Crippen LogP contribution in [-0.2, 0) is 9.53 Å². The number of alkyl carbamates (subject to hydrolysis) is 1. The molecule has 1 aromatic rings. The van der Waals surface area contributed by atoms with Crippen LogP contribution in [0.2, 0.25) is 0 Å². The number of carboxylic acids is 1. The molecule has 0 bridgehead atoms. The Morgan fingerprint density at radius 2 is 1.80 bits per heavy atom. The highest BCUT2D eigenvalue weighted by Crippen LogP contribution is 2.06. The van der Waals surface area contributed by atoms with Crippen molar-refractivity contribution in [3.05, 3.63) is 27.8 Å². The van der Waals surface area contributed by atoms with Gasteiger partial charge in [-0.05, 0) is 67.6 Å². The highest BCUT2D eigenvalue weighted by Gasteiger charge is 2.16. The van der Waals surface area contributed by atoms with Crippen LogP contribution in [0.4, 0.5) is 10.5 Å². The third-order valence-electron chi connectivity index (χ3n) is 1.65. The molecule has 0 spiro atoms. The first-order chi connectivity index (χ1) is 9.10. The van der Waals surface area contributed by atoms with Crippen molar-refractivity contribution in [2.45, 2.75) is 26.4 Å². The number of carbonyl (C=O) groups excluding carboxylic acids is 1. The number of nitrogens with one attached hydrogen (secondary N) is 1. The monoisotopic (exact) mass is 394 g/mol. The molecule has 0 aliphatic carbocycles. The average molecular weight is 394 g/mol. The zero-order valence-electron chi connectivity index (χ0n) is 11.6. The summed E-state index contributed by atoms with van der Waals surface area (Å²) in [7, 11) is 0. The van der Waals surface area contributed by atoms with Crippen molar-refractivity contribution in [3.63, 3.8) is 0 Å². The molecule has 0 aliphatic heterocycles. The summed E-state index contributed by atoms with van der Waals surface area (Å²) < 4.78 is 5.99. The van der Waals surface area contributed by atoms with Gasteiger partial charge in [0.05, 0.1) is 0 Å². The fourth-order valence-corrected chi connectivity index (χ4v) is 1.28. The molecule has 0 atom stereocenters. The number of nitrogens with two attached hydrogens (primary N) is 1. The largest absolute Gasteiger partial charge is 0.480 e. The molecule has 0 heterocycles. The van der Waals surface area contributed by atoms with Crippen LogP contribution in [0.15, 0.2) is 24.3 Å². The molecule has 0 fully saturated rings. The van der Waals surface area contributed by atoms with Crippen LogP contribution in [0.1, 0.15) is 20.8 Å². The van der Waals surface area contributed by atoms with Gasteiger partial charge in [-0.1, -0.05) is 0 Å². The van der Waals surface area contributed by atoms with Crippen molar-refractivity contribution in [1.82, 2.24) is 5.32 Å². The number of halogens is 1. The van der Waals surface area contributed by atoms with E-state index in [1.54, 1.807) is 20.8 Å². The number of hydrogen-bond acceptors (Lipinski definition) is 4. The summed E-state index contributed by atoms with van der Waals surface area (Å²) in [4.78, 5) is 20.8. The minimum absolute atomic E-state index is 0.422. The van der Waals surface area contributed by atoms with Crippen LogP contribution in [-0.4, -0.2) is 29.3 Å². The Morgan fingerprint density at radius 3 is 2.15 bits per heavy atom. The summed E-state index contributed by atoms with van der Waals surface area (Å²) in [6, 6.07) is 7.75. The summed E-state index contributed by atoms with van der Waals surface area (Å²) >= 11 is 2.24. The molecule has 1 rings (SSSR count). The van der Waals surface area contributed by atoms with Gasteiger partial charge in [-0.3, -0.25) is 4.79 Å². The van der Waals surface area contributed by atoms with E-state index in [-0.39, 0.29) is 0 Å². The molecule has 4 N–H and O–H groups in total. The van der Waals surface area contributed by atoms with Crippen LogP contribution in [0, 0.1) is 3.57 Å². The normalized spacial score (nSPS) is 10.0. The van der Waals surface area contributed by atoms with Gasteiger partial charge in [-0.2, -0.15) is 0 Å². The van der Waals surface area contributed by atoms with Crippen molar-refractivity contribution in [2.24, 2.45) is 0 Å². The first-order valence-corrected chi connectivity index (χ1v) is 6.87. The van der Waals surface area contributed by atoms with E-state index in [1.807, 2.05) is 24.3 Å². The molecule has 0 radical (unpaired) electrons. The summed E-state index contributed by atoms with van der Waals surface area (Å²) in [5.41, 5.74) is 5.65. The van der Waals surface area contributed by atoms with E-state index in [0.29, 0.717) is 0 Å². The Kier molecular flexibility index (Phi) is 7.97. The predicted molar refractivity (Wildman–Crippen MR) is 85.4 cm³/mol. The van der Waals surface area contributed by atoms with E-state index in [4.69, 9.17) is 15.6 Å². The predicted octanol–water partition coefficient (Wildman–Crippen LogP) is 2.47. The zero-order valence-corrected chi connectivity index (χ0v) is 13.8. The summed E-state index contributed by atoms with van der Waals surface area (Å²) in [6.07, 6.45) is -0.718. The van der Waals surface area contributed by atoms with Gasteiger partial charge in [0.1, 0.15) is 12.1 Å². The van der Waals surface area contributed by atoms with Crippen molar-refractivity contribution >= 4 is 40.3 Å². The van der Waals surface area contributed by atoms with Crippen molar-refractivity contribution in [2.75, 3.05) is 12.3 Å². The van der Waals surface area contributed by atoms with Gasteiger partial charge in [0.15, 0.2) is 0 Å². The Morgan fingerprint density at radius 1 is 1.30 bits per heavy atom. The van der Waals surface area contributed by atoms with E-state index in [9.17, 15) is 9.59 Å². The van der Waals surface area contributed by atoms with Gasteiger partial charge in [0.25, 0.3) is 0 Å². The van der Waals surface area contributed by atoms with Crippen LogP contribution < -0.4 is 11.1 Å². The van der Waals surface area contributed by atoms with E-state index in [0.717, 1.165) is 5.69 Å². The van der Waals surface area contributed by atoms with E-state index >= 15 is 0 Å². The zero-order chi connectivity index (χ0) is 15.8. The fourth-order valence-electron chi connectivity index (χ4n) is 0.925. The maximum Gasteiger partial charge on any atom is 0.408 e. The highest BCUT2D eigenvalue weighted by atomic mass is 127. The quantitative estimate of drug-likeness (QED) is 0.529. The molecule has 0 saturated carbocycles. The second kappa shape index (κ2) is 8.62. The lowest BCUT2D eigenvalue weighted by Gasteiger charge is -2.19. The Labute approximate surface area is 131 Å². The van der Waals surface area contributed by atoms with Crippen LogP contribution in [0.25, 0.3) is 0 Å². The lowest BCUT2D eigenvalue weighted by Crippen LogP contribution is -2.35. The van der Waals surface area contributed by atoms with E-state index in [2.05, 4.69) is 27.9 Å². The second-order valence-electron chi connectivity index (χ2n) is 4.80. The highest BCUT2D eigenvalue weighted by molar-refractivity contribution is 14.1. The smallest absolute Gasteiger partial charge is 0.408 e. The second-order valence-corrected chi connectivity index (χ2v) is 6.05. The topological polar surface area (TPSA) is 102 Å². The van der Waals surface area contributed by atoms with Gasteiger partial charge in [0.2, 0.25) is 0 Å². The van der Waals surface area contributed by atoms with Gasteiger partial charge in [-0.15, -0.1) is 0 Å². The minimum Gasteiger partial charge on any atom is -0.480 e. The first kappa shape index (κ1) is 18.5. The summed E-state index contributed by atoms with van der Waals surface area (Å²) in [5, 5.41) is 10.3. The number of benzene rings is 1. The lowest BCUT2D eigenvalue weighted by molar-refractivity contribution is -0.136. The number of anilines is 1. The Balaban J connectivity index is 0.000000388. The molecule has 7 heteroatoms. The fraction of sp³-hybridized carbons (Fsp3) is 0.385. The minimum atomic E-state index is -1.10. The van der Waals surface area contributed by atoms with Gasteiger partial charge < -0.3 is 20.9 Å². The molecular formula is C13H19IN2O4. The molecular weight excluding hydrogens is 375 g/mol. The van der Waals surface area contributed by atoms with Gasteiger partial charge >= 0.3 is 12.1 Å². The molecule has 20 heavy (non-hydrogen) atoms. The Hall–Kier alpha value is -1.51. The number of hydrogen-bond donors (Lipinski definition) is 3. The lowest BCUT2D eigenvalue weighted by atomic mass is 10.2. The van der Waals surface area contributed by atoms with E-state index in [1.165, 1.54) is 3.57 Å². The van der Waals surface area contributed by atoms with Crippen molar-refractivity contribution in [1.29, 1.82) is 0 Å². The van der Waals surface area contributed by atoms with Gasteiger partial charge in [0, 0.05) is 9.26 Å². The van der Waals surface area contributed by atoms with Crippen LogP contribution in [0.3, 0.4) is 0 Å². The standard InChI is InChI=1S/C7H13NO4.C6H6IN/c1-7(2,3)12-6(11)8-4-5(9)10;7-5-1-3-6(8)4-2-5/h4H2,1-3H3,(H,8,11)(H,9,10);1-4H,8H2. The summed E-state index contributed by atoms with van der Waals surface area (Å²) in [6.45, 7) is 4.68. The molecule has 0 aliphatic rings. The van der Waals surface area contributed by atoms with Crippen LogP contribution >= 0.6 is 22.6 Å². The number of rotatable bonds is 2. The molecule has 6 nitrogen and oxygen atoms in total. The third kappa shape index (κ3) is 11.6. The number of nitrogen functional groups attached to an aromatic ring is 1. The molecule has 0 unspecified atom stereocenters. The van der Waals surface area contributed by atoms with Crippen LogP contribution in [0.5, 0.6) is 0 Å². The average Bonchev–Trinajstić information content (AvgIpc) is 2.29. The molecule has 112 valence electrons. The maximum atomic E-state index is 10.8.